The van der Waals surface area contributed by atoms with Gasteiger partial charge in [-0.1, -0.05) is 111 Å². The standard InChI is InChI=1S/C21H44O3Si.C6H14/c1-5-9-10-11-12-13-14-15-18-21(22-6-2)19-16-17-20-25(21,23-7-3)24-8-4;1-3-5-6-4-2/h5-20H2,1-4H3;3-6H2,1-2H3. The number of rotatable bonds is 18. The third kappa shape index (κ3) is 12.2. The van der Waals surface area contributed by atoms with E-state index in [1.807, 2.05) is 0 Å². The first kappa shape index (κ1) is 31.1. The summed E-state index contributed by atoms with van der Waals surface area (Å²) in [6.45, 7) is 15.4. The molecular formula is C27H58O3Si. The Hall–Kier alpha value is 0.0969. The molecule has 1 atom stereocenters. The van der Waals surface area contributed by atoms with Crippen LogP contribution in [0.5, 0.6) is 0 Å². The molecule has 0 N–H and O–H groups in total. The Bertz CT molecular complexity index is 358. The molecule has 3 nitrogen and oxygen atoms in total. The van der Waals surface area contributed by atoms with E-state index in [0.717, 1.165) is 38.7 Å². The lowest BCUT2D eigenvalue weighted by atomic mass is 10.0. The zero-order valence-electron chi connectivity index (χ0n) is 22.4. The van der Waals surface area contributed by atoms with Crippen LogP contribution in [-0.2, 0) is 13.6 Å². The van der Waals surface area contributed by atoms with Crippen LogP contribution in [0.4, 0.5) is 0 Å². The highest BCUT2D eigenvalue weighted by Gasteiger charge is 2.59. The number of ether oxygens (including phenoxy) is 1. The molecule has 4 heteroatoms. The summed E-state index contributed by atoms with van der Waals surface area (Å²) in [6, 6.07) is 1.10. The fraction of sp³-hybridized carbons (Fsp3) is 1.00. The maximum Gasteiger partial charge on any atom is 0.371 e. The van der Waals surface area contributed by atoms with Crippen molar-refractivity contribution in [3.63, 3.8) is 0 Å². The van der Waals surface area contributed by atoms with Gasteiger partial charge < -0.3 is 13.6 Å². The summed E-state index contributed by atoms with van der Waals surface area (Å²) in [5, 5.41) is -0.117. The van der Waals surface area contributed by atoms with E-state index in [1.165, 1.54) is 89.9 Å². The summed E-state index contributed by atoms with van der Waals surface area (Å²) in [5.41, 5.74) is 0. The predicted molar refractivity (Wildman–Crippen MR) is 139 cm³/mol. The van der Waals surface area contributed by atoms with E-state index < -0.39 is 8.56 Å². The van der Waals surface area contributed by atoms with Crippen LogP contribution in [0.2, 0.25) is 6.04 Å². The van der Waals surface area contributed by atoms with Crippen molar-refractivity contribution in [1.29, 1.82) is 0 Å². The maximum atomic E-state index is 6.46. The second kappa shape index (κ2) is 20.7. The minimum atomic E-state index is -2.29. The first-order chi connectivity index (χ1) is 15.1. The van der Waals surface area contributed by atoms with Crippen molar-refractivity contribution < 1.29 is 13.6 Å². The molecule has 1 fully saturated rings. The Morgan fingerprint density at radius 3 is 1.55 bits per heavy atom. The summed E-state index contributed by atoms with van der Waals surface area (Å²) in [4.78, 5) is 0. The molecule has 1 saturated heterocycles. The molecule has 1 aliphatic rings. The number of hydrogen-bond acceptors (Lipinski definition) is 3. The van der Waals surface area contributed by atoms with Crippen molar-refractivity contribution >= 4 is 8.56 Å². The Morgan fingerprint density at radius 1 is 0.581 bits per heavy atom. The monoisotopic (exact) mass is 458 g/mol. The number of hydrogen-bond donors (Lipinski definition) is 0. The Balaban J connectivity index is 0.00000131. The van der Waals surface area contributed by atoms with E-state index in [0.29, 0.717) is 0 Å². The smallest absolute Gasteiger partial charge is 0.371 e. The number of unbranched alkanes of at least 4 members (excludes halogenated alkanes) is 10. The van der Waals surface area contributed by atoms with Crippen LogP contribution in [0.15, 0.2) is 0 Å². The minimum Gasteiger partial charge on any atom is -0.393 e. The second-order valence-corrected chi connectivity index (χ2v) is 12.7. The van der Waals surface area contributed by atoms with Crippen LogP contribution in [0.3, 0.4) is 0 Å². The van der Waals surface area contributed by atoms with E-state index >= 15 is 0 Å². The molecule has 0 aromatic carbocycles. The van der Waals surface area contributed by atoms with Crippen LogP contribution in [-0.4, -0.2) is 33.6 Å². The summed E-state index contributed by atoms with van der Waals surface area (Å²) in [6.07, 6.45) is 21.1. The zero-order valence-corrected chi connectivity index (χ0v) is 23.4. The Kier molecular flexibility index (Phi) is 20.8. The molecule has 0 saturated carbocycles. The highest BCUT2D eigenvalue weighted by molar-refractivity contribution is 6.70. The van der Waals surface area contributed by atoms with Gasteiger partial charge in [0.2, 0.25) is 0 Å². The van der Waals surface area contributed by atoms with Gasteiger partial charge >= 0.3 is 8.56 Å². The lowest BCUT2D eigenvalue weighted by Gasteiger charge is -2.49. The summed E-state index contributed by atoms with van der Waals surface area (Å²) >= 11 is 0. The molecule has 1 heterocycles. The van der Waals surface area contributed by atoms with E-state index in [9.17, 15) is 0 Å². The molecule has 1 rings (SSSR count). The molecule has 1 aliphatic heterocycles. The third-order valence-electron chi connectivity index (χ3n) is 6.60. The molecule has 0 aliphatic carbocycles. The zero-order chi connectivity index (χ0) is 23.3. The largest absolute Gasteiger partial charge is 0.393 e. The third-order valence-corrected chi connectivity index (χ3v) is 11.2. The van der Waals surface area contributed by atoms with E-state index in [4.69, 9.17) is 13.6 Å². The molecule has 0 aromatic rings. The molecule has 0 spiro atoms. The van der Waals surface area contributed by atoms with Gasteiger partial charge in [0, 0.05) is 19.8 Å². The van der Waals surface area contributed by atoms with Gasteiger partial charge in [-0.15, -0.1) is 0 Å². The van der Waals surface area contributed by atoms with Crippen molar-refractivity contribution in [2.24, 2.45) is 0 Å². The first-order valence-corrected chi connectivity index (χ1v) is 16.1. The topological polar surface area (TPSA) is 27.7 Å². The molecule has 0 aromatic heterocycles. The van der Waals surface area contributed by atoms with E-state index in [2.05, 4.69) is 41.5 Å². The van der Waals surface area contributed by atoms with Gasteiger partial charge in [0.25, 0.3) is 0 Å². The average molecular weight is 459 g/mol. The SMILES string of the molecule is CCCCCC.CCCCCCCCCCC1(OCC)CCCC[Si]1(OCC)OCC. The van der Waals surface area contributed by atoms with Crippen molar-refractivity contribution in [2.45, 2.75) is 156 Å². The highest BCUT2D eigenvalue weighted by atomic mass is 28.4. The van der Waals surface area contributed by atoms with Crippen LogP contribution in [0, 0.1) is 0 Å². The fourth-order valence-corrected chi connectivity index (χ4v) is 9.47. The molecule has 1 unspecified atom stereocenters. The molecule has 188 valence electrons. The Morgan fingerprint density at radius 2 is 1.06 bits per heavy atom. The molecule has 0 amide bonds. The minimum absolute atomic E-state index is 0.117. The van der Waals surface area contributed by atoms with Gasteiger partial charge in [0.05, 0.1) is 0 Å². The summed E-state index contributed by atoms with van der Waals surface area (Å²) < 4.78 is 19.3. The van der Waals surface area contributed by atoms with E-state index in [1.54, 1.807) is 0 Å². The second-order valence-electron chi connectivity index (χ2n) is 9.19. The molecule has 0 radical (unpaired) electrons. The van der Waals surface area contributed by atoms with Crippen molar-refractivity contribution in [2.75, 3.05) is 19.8 Å². The predicted octanol–water partition coefficient (Wildman–Crippen LogP) is 9.12. The fourth-order valence-electron chi connectivity index (χ4n) is 4.99. The van der Waals surface area contributed by atoms with Crippen LogP contribution >= 0.6 is 0 Å². The quantitative estimate of drug-likeness (QED) is 0.151. The van der Waals surface area contributed by atoms with Gasteiger partial charge in [-0.2, -0.15) is 0 Å². The van der Waals surface area contributed by atoms with Gasteiger partial charge in [-0.05, 0) is 39.7 Å². The van der Waals surface area contributed by atoms with Crippen molar-refractivity contribution in [3.05, 3.63) is 0 Å². The summed E-state index contributed by atoms with van der Waals surface area (Å²) in [7, 11) is -2.29. The first-order valence-electron chi connectivity index (χ1n) is 14.0. The van der Waals surface area contributed by atoms with Crippen LogP contribution in [0.1, 0.15) is 144 Å². The summed E-state index contributed by atoms with van der Waals surface area (Å²) in [5.74, 6) is 0. The molecular weight excluding hydrogens is 400 g/mol. The van der Waals surface area contributed by atoms with Crippen LogP contribution < -0.4 is 0 Å². The van der Waals surface area contributed by atoms with Crippen molar-refractivity contribution in [3.8, 4) is 0 Å². The Labute approximate surface area is 197 Å². The molecule has 0 bridgehead atoms. The molecule has 31 heavy (non-hydrogen) atoms. The lowest BCUT2D eigenvalue weighted by Crippen LogP contribution is -2.66. The maximum absolute atomic E-state index is 6.46. The van der Waals surface area contributed by atoms with Gasteiger partial charge in [-0.3, -0.25) is 0 Å². The van der Waals surface area contributed by atoms with Gasteiger partial charge in [0.15, 0.2) is 0 Å². The van der Waals surface area contributed by atoms with Crippen LogP contribution in [0.25, 0.3) is 0 Å². The average Bonchev–Trinajstić information content (AvgIpc) is 2.77. The van der Waals surface area contributed by atoms with Gasteiger partial charge in [-0.25, -0.2) is 0 Å². The van der Waals surface area contributed by atoms with E-state index in [-0.39, 0.29) is 5.22 Å². The highest BCUT2D eigenvalue weighted by Crippen LogP contribution is 2.44. The lowest BCUT2D eigenvalue weighted by molar-refractivity contribution is -0.0468. The normalized spacial score (nSPS) is 20.3. The van der Waals surface area contributed by atoms with Crippen molar-refractivity contribution in [1.82, 2.24) is 0 Å². The van der Waals surface area contributed by atoms with Gasteiger partial charge in [0.1, 0.15) is 5.22 Å².